The van der Waals surface area contributed by atoms with Gasteiger partial charge in [-0.05, 0) is 42.5 Å². The quantitative estimate of drug-likeness (QED) is 0.352. The molecule has 3 aromatic heterocycles. The van der Waals surface area contributed by atoms with E-state index in [0.717, 1.165) is 28.3 Å². The van der Waals surface area contributed by atoms with E-state index in [0.29, 0.717) is 17.5 Å². The van der Waals surface area contributed by atoms with E-state index in [-0.39, 0.29) is 0 Å². The lowest BCUT2D eigenvalue weighted by molar-refractivity contribution is -0.649. The van der Waals surface area contributed by atoms with Crippen molar-refractivity contribution in [3.8, 4) is 45.8 Å². The molecule has 0 spiro atoms. The summed E-state index contributed by atoms with van der Waals surface area (Å²) in [5.74, 6) is 2.61. The smallest absolute Gasteiger partial charge is 0.250 e. The van der Waals surface area contributed by atoms with Crippen molar-refractivity contribution in [1.82, 2.24) is 9.97 Å². The van der Waals surface area contributed by atoms with Gasteiger partial charge in [0, 0.05) is 35.5 Å². The van der Waals surface area contributed by atoms with Gasteiger partial charge < -0.3 is 9.15 Å². The van der Waals surface area contributed by atoms with Gasteiger partial charge in [0.2, 0.25) is 28.9 Å². The number of pyridine rings is 2. The summed E-state index contributed by atoms with van der Waals surface area (Å²) in [6, 6.07) is 29.5. The van der Waals surface area contributed by atoms with Crippen molar-refractivity contribution in [2.24, 2.45) is 7.05 Å². The van der Waals surface area contributed by atoms with E-state index in [1.54, 1.807) is 12.4 Å². The zero-order chi connectivity index (χ0) is 21.0. The summed E-state index contributed by atoms with van der Waals surface area (Å²) in [5, 5.41) is 0. The minimum absolute atomic E-state index is 0.563. The molecule has 5 heteroatoms. The Morgan fingerprint density at radius 3 is 2.35 bits per heavy atom. The first kappa shape index (κ1) is 18.8. The molecule has 0 fully saturated rings. The van der Waals surface area contributed by atoms with Gasteiger partial charge in [-0.25, -0.2) is 9.97 Å². The number of rotatable bonds is 5. The highest BCUT2D eigenvalue weighted by Gasteiger charge is 2.20. The van der Waals surface area contributed by atoms with Crippen molar-refractivity contribution in [2.75, 3.05) is 0 Å². The minimum atomic E-state index is 0.563. The summed E-state index contributed by atoms with van der Waals surface area (Å²) in [6.45, 7) is 0. The number of aromatic nitrogens is 3. The Hall–Kier alpha value is -4.25. The highest BCUT2D eigenvalue weighted by Crippen LogP contribution is 2.28. The molecule has 0 aliphatic carbocycles. The lowest BCUT2D eigenvalue weighted by Crippen LogP contribution is -2.33. The average Bonchev–Trinajstić information content (AvgIpc) is 3.31. The molecular weight excluding hydrogens is 386 g/mol. The Kier molecular flexibility index (Phi) is 4.99. The second-order valence-corrected chi connectivity index (χ2v) is 7.05. The van der Waals surface area contributed by atoms with Crippen LogP contribution in [0.1, 0.15) is 0 Å². The predicted molar refractivity (Wildman–Crippen MR) is 118 cm³/mol. The first-order chi connectivity index (χ1) is 15.3. The third kappa shape index (κ3) is 3.94. The van der Waals surface area contributed by atoms with Crippen LogP contribution in [-0.2, 0) is 7.05 Å². The Balaban J connectivity index is 1.48. The SMILES string of the molecule is C[n+]1c(-c2cccc(Oc3ccccn3)c2)cccc1-c1cnc(-c2ccccc2)o1. The second kappa shape index (κ2) is 8.24. The maximum absolute atomic E-state index is 6.07. The van der Waals surface area contributed by atoms with E-state index >= 15 is 0 Å². The fourth-order valence-corrected chi connectivity index (χ4v) is 3.47. The molecule has 2 aromatic carbocycles. The monoisotopic (exact) mass is 406 g/mol. The van der Waals surface area contributed by atoms with Crippen LogP contribution < -0.4 is 9.30 Å². The summed E-state index contributed by atoms with van der Waals surface area (Å²) in [4.78, 5) is 8.69. The maximum atomic E-state index is 6.07. The molecule has 5 nitrogen and oxygen atoms in total. The van der Waals surface area contributed by atoms with Crippen molar-refractivity contribution in [3.05, 3.63) is 103 Å². The van der Waals surface area contributed by atoms with E-state index in [9.17, 15) is 0 Å². The van der Waals surface area contributed by atoms with Crippen molar-refractivity contribution < 1.29 is 13.7 Å². The van der Waals surface area contributed by atoms with Crippen LogP contribution in [0.2, 0.25) is 0 Å². The van der Waals surface area contributed by atoms with Gasteiger partial charge >= 0.3 is 0 Å². The molecule has 0 saturated heterocycles. The van der Waals surface area contributed by atoms with Crippen LogP contribution in [0.4, 0.5) is 0 Å². The van der Waals surface area contributed by atoms with Gasteiger partial charge in [-0.3, -0.25) is 0 Å². The molecule has 0 atom stereocenters. The summed E-state index contributed by atoms with van der Waals surface area (Å²) in [6.07, 6.45) is 3.48. The first-order valence-electron chi connectivity index (χ1n) is 9.98. The number of benzene rings is 2. The van der Waals surface area contributed by atoms with E-state index in [1.165, 1.54) is 0 Å². The third-order valence-corrected chi connectivity index (χ3v) is 5.00. The number of hydrogen-bond acceptors (Lipinski definition) is 4. The van der Waals surface area contributed by atoms with Crippen LogP contribution in [0.15, 0.2) is 108 Å². The van der Waals surface area contributed by atoms with Crippen LogP contribution in [0.3, 0.4) is 0 Å². The first-order valence-corrected chi connectivity index (χ1v) is 9.98. The molecule has 150 valence electrons. The Morgan fingerprint density at radius 2 is 1.52 bits per heavy atom. The van der Waals surface area contributed by atoms with Gasteiger partial charge in [0.15, 0.2) is 0 Å². The van der Waals surface area contributed by atoms with E-state index < -0.39 is 0 Å². The summed E-state index contributed by atoms with van der Waals surface area (Å²) < 4.78 is 14.1. The number of hydrogen-bond donors (Lipinski definition) is 0. The Morgan fingerprint density at radius 1 is 0.742 bits per heavy atom. The number of ether oxygens (including phenoxy) is 1. The summed E-state index contributed by atoms with van der Waals surface area (Å²) in [7, 11) is 2.02. The highest BCUT2D eigenvalue weighted by molar-refractivity contribution is 5.62. The van der Waals surface area contributed by atoms with Gasteiger partial charge in [-0.2, -0.15) is 4.57 Å². The van der Waals surface area contributed by atoms with Gasteiger partial charge in [0.25, 0.3) is 0 Å². The topological polar surface area (TPSA) is 52.0 Å². The number of oxazole rings is 1. The van der Waals surface area contributed by atoms with E-state index in [2.05, 4.69) is 26.7 Å². The standard InChI is InChI=1S/C26H20N3O2/c1-29-22(20-11-7-12-21(17-20)30-25-15-5-6-16-27-25)13-8-14-23(29)24-18-28-26(31-24)19-9-3-2-4-10-19/h2-18H,1H3/q+1. The minimum Gasteiger partial charge on any atom is -0.439 e. The normalized spacial score (nSPS) is 10.7. The van der Waals surface area contributed by atoms with E-state index in [4.69, 9.17) is 9.15 Å². The van der Waals surface area contributed by atoms with Crippen LogP contribution in [0.5, 0.6) is 11.6 Å². The van der Waals surface area contributed by atoms with Crippen molar-refractivity contribution >= 4 is 0 Å². The van der Waals surface area contributed by atoms with Crippen LogP contribution in [-0.4, -0.2) is 9.97 Å². The molecule has 0 bridgehead atoms. The molecule has 0 aliphatic heterocycles. The maximum Gasteiger partial charge on any atom is 0.250 e. The lowest BCUT2D eigenvalue weighted by Gasteiger charge is -2.07. The Labute approximate surface area is 180 Å². The second-order valence-electron chi connectivity index (χ2n) is 7.05. The highest BCUT2D eigenvalue weighted by atomic mass is 16.5. The fourth-order valence-electron chi connectivity index (χ4n) is 3.47. The van der Waals surface area contributed by atoms with Crippen molar-refractivity contribution in [1.29, 1.82) is 0 Å². The molecule has 0 aliphatic rings. The third-order valence-electron chi connectivity index (χ3n) is 5.00. The van der Waals surface area contributed by atoms with Crippen LogP contribution >= 0.6 is 0 Å². The molecule has 0 N–H and O–H groups in total. The van der Waals surface area contributed by atoms with Gasteiger partial charge in [0.05, 0.1) is 6.20 Å². The molecular formula is C26H20N3O2+. The lowest BCUT2D eigenvalue weighted by atomic mass is 10.1. The predicted octanol–water partition coefficient (Wildman–Crippen LogP) is 5.69. The summed E-state index contributed by atoms with van der Waals surface area (Å²) >= 11 is 0. The Bertz CT molecular complexity index is 1320. The van der Waals surface area contributed by atoms with E-state index in [1.807, 2.05) is 85.9 Å². The molecule has 31 heavy (non-hydrogen) atoms. The fraction of sp³-hybridized carbons (Fsp3) is 0.0385. The van der Waals surface area contributed by atoms with Crippen molar-refractivity contribution in [2.45, 2.75) is 0 Å². The van der Waals surface area contributed by atoms with Gasteiger partial charge in [-0.1, -0.05) is 30.3 Å². The van der Waals surface area contributed by atoms with Crippen LogP contribution in [0, 0.1) is 0 Å². The number of nitrogens with zero attached hydrogens (tertiary/aromatic N) is 3. The van der Waals surface area contributed by atoms with Crippen LogP contribution in [0.25, 0.3) is 34.2 Å². The molecule has 0 radical (unpaired) electrons. The van der Waals surface area contributed by atoms with Gasteiger partial charge in [0.1, 0.15) is 12.8 Å². The largest absolute Gasteiger partial charge is 0.439 e. The average molecular weight is 406 g/mol. The summed E-state index contributed by atoms with van der Waals surface area (Å²) in [5.41, 5.74) is 3.94. The van der Waals surface area contributed by atoms with Gasteiger partial charge in [-0.15, -0.1) is 0 Å². The molecule has 0 unspecified atom stereocenters. The zero-order valence-electron chi connectivity index (χ0n) is 17.0. The molecule has 5 rings (SSSR count). The molecule has 0 saturated carbocycles. The molecule has 0 amide bonds. The molecule has 3 heterocycles. The van der Waals surface area contributed by atoms with Crippen molar-refractivity contribution in [3.63, 3.8) is 0 Å². The zero-order valence-corrected chi connectivity index (χ0v) is 17.0. The molecule has 5 aromatic rings.